The summed E-state index contributed by atoms with van der Waals surface area (Å²) in [6.45, 7) is 1.19. The predicted octanol–water partition coefficient (Wildman–Crippen LogP) is -3.67. The maximum Gasteiger partial charge on any atom is 0.317 e. The molecule has 26 heavy (non-hydrogen) atoms. The number of aliphatic hydroxyl groups is 2. The number of carboxylic acid groups (broad SMARTS) is 3. The highest BCUT2D eigenvalue weighted by Gasteiger charge is 2.14. The van der Waals surface area contributed by atoms with Crippen molar-refractivity contribution >= 4 is 17.9 Å². The minimum absolute atomic E-state index is 0.0626. The molecule has 7 N–H and O–H groups in total. The lowest BCUT2D eigenvalue weighted by Crippen LogP contribution is -2.45. The first-order valence-corrected chi connectivity index (χ1v) is 8.08. The fourth-order valence-electron chi connectivity index (χ4n) is 2.13. The topological polar surface area (TPSA) is 183 Å². The molecule has 0 amide bonds. The van der Waals surface area contributed by atoms with Gasteiger partial charge in [-0.2, -0.15) is 0 Å². The van der Waals surface area contributed by atoms with Gasteiger partial charge in [-0.3, -0.25) is 24.2 Å². The van der Waals surface area contributed by atoms with E-state index in [-0.39, 0.29) is 26.2 Å². The molecule has 0 spiro atoms. The van der Waals surface area contributed by atoms with E-state index >= 15 is 0 Å². The Hall–Kier alpha value is -1.83. The molecule has 0 unspecified atom stereocenters. The smallest absolute Gasteiger partial charge is 0.317 e. The van der Waals surface area contributed by atoms with Crippen LogP contribution in [0, 0.1) is 0 Å². The van der Waals surface area contributed by atoms with Gasteiger partial charge in [0.05, 0.1) is 19.6 Å². The van der Waals surface area contributed by atoms with Crippen LogP contribution in [0.3, 0.4) is 0 Å². The van der Waals surface area contributed by atoms with E-state index in [4.69, 9.17) is 25.5 Å². The standard InChI is InChI=1S/C14H28N4O8/c19-11(20)7-15-1-3-17(9-13(23)24)5-6-18(10-14(25)26)4-2-16-8-12(21)22/h13,15-16,23-24H,1-10H2,(H,19,20)(H,21,22)(H,25,26). The van der Waals surface area contributed by atoms with Gasteiger partial charge in [-0.25, -0.2) is 0 Å². The van der Waals surface area contributed by atoms with Crippen molar-refractivity contribution in [1.82, 2.24) is 20.4 Å². The Labute approximate surface area is 151 Å². The van der Waals surface area contributed by atoms with Gasteiger partial charge in [0, 0.05) is 45.8 Å². The van der Waals surface area contributed by atoms with Crippen molar-refractivity contribution in [2.24, 2.45) is 0 Å². The van der Waals surface area contributed by atoms with Crippen LogP contribution in [0.2, 0.25) is 0 Å². The molecule has 12 heteroatoms. The molecule has 0 atom stereocenters. The number of hydrogen-bond donors (Lipinski definition) is 7. The van der Waals surface area contributed by atoms with Crippen LogP contribution in [-0.4, -0.2) is 125 Å². The van der Waals surface area contributed by atoms with Crippen molar-refractivity contribution in [1.29, 1.82) is 0 Å². The third-order valence-corrected chi connectivity index (χ3v) is 3.27. The molecule has 0 fully saturated rings. The monoisotopic (exact) mass is 380 g/mol. The van der Waals surface area contributed by atoms with Crippen molar-refractivity contribution < 1.29 is 39.9 Å². The number of rotatable bonds is 17. The van der Waals surface area contributed by atoms with Crippen molar-refractivity contribution in [2.75, 3.05) is 65.4 Å². The first-order chi connectivity index (χ1) is 12.2. The molecule has 0 radical (unpaired) electrons. The Morgan fingerprint density at radius 1 is 0.731 bits per heavy atom. The molecule has 0 aliphatic rings. The predicted molar refractivity (Wildman–Crippen MR) is 89.8 cm³/mol. The van der Waals surface area contributed by atoms with Crippen LogP contribution < -0.4 is 10.6 Å². The van der Waals surface area contributed by atoms with E-state index in [1.807, 2.05) is 0 Å². The SMILES string of the molecule is O=C(O)CNCCN(CCN(CCNCC(=O)O)CC(O)O)CC(=O)O. The van der Waals surface area contributed by atoms with Crippen molar-refractivity contribution in [3.8, 4) is 0 Å². The summed E-state index contributed by atoms with van der Waals surface area (Å²) < 4.78 is 0. The van der Waals surface area contributed by atoms with E-state index in [1.165, 1.54) is 0 Å². The summed E-state index contributed by atoms with van der Waals surface area (Å²) in [6.07, 6.45) is -1.57. The third-order valence-electron chi connectivity index (χ3n) is 3.27. The summed E-state index contributed by atoms with van der Waals surface area (Å²) in [7, 11) is 0. The van der Waals surface area contributed by atoms with Crippen LogP contribution in [0.1, 0.15) is 0 Å². The van der Waals surface area contributed by atoms with Crippen molar-refractivity contribution in [3.63, 3.8) is 0 Å². The highest BCUT2D eigenvalue weighted by Crippen LogP contribution is 1.95. The van der Waals surface area contributed by atoms with Crippen molar-refractivity contribution in [3.05, 3.63) is 0 Å². The van der Waals surface area contributed by atoms with Gasteiger partial charge in [0.1, 0.15) is 0 Å². The minimum atomic E-state index is -1.57. The summed E-state index contributed by atoms with van der Waals surface area (Å²) in [5, 5.41) is 49.7. The minimum Gasteiger partial charge on any atom is -0.480 e. The van der Waals surface area contributed by atoms with E-state index in [1.54, 1.807) is 9.80 Å². The quantitative estimate of drug-likeness (QED) is 0.0971. The fraction of sp³-hybridized carbons (Fsp3) is 0.786. The molecule has 0 bridgehead atoms. The van der Waals surface area contributed by atoms with Gasteiger partial charge in [-0.05, 0) is 0 Å². The molecule has 0 aliphatic carbocycles. The van der Waals surface area contributed by atoms with Gasteiger partial charge < -0.3 is 36.2 Å². The van der Waals surface area contributed by atoms with Gasteiger partial charge in [0.25, 0.3) is 0 Å². The third kappa shape index (κ3) is 15.7. The van der Waals surface area contributed by atoms with Crippen LogP contribution in [0.25, 0.3) is 0 Å². The molecular formula is C14H28N4O8. The Kier molecular flexibility index (Phi) is 13.3. The van der Waals surface area contributed by atoms with Gasteiger partial charge in [0.2, 0.25) is 0 Å². The summed E-state index contributed by atoms with van der Waals surface area (Å²) in [5.41, 5.74) is 0. The first kappa shape index (κ1) is 24.2. The summed E-state index contributed by atoms with van der Waals surface area (Å²) >= 11 is 0. The zero-order valence-electron chi connectivity index (χ0n) is 14.5. The van der Waals surface area contributed by atoms with E-state index < -0.39 is 24.2 Å². The zero-order valence-corrected chi connectivity index (χ0v) is 14.5. The number of nitrogens with one attached hydrogen (secondary N) is 2. The first-order valence-electron chi connectivity index (χ1n) is 8.08. The van der Waals surface area contributed by atoms with E-state index in [0.717, 1.165) is 0 Å². The lowest BCUT2D eigenvalue weighted by Gasteiger charge is -2.27. The highest BCUT2D eigenvalue weighted by atomic mass is 16.5. The molecule has 0 saturated carbocycles. The molecule has 12 nitrogen and oxygen atoms in total. The largest absolute Gasteiger partial charge is 0.480 e. The summed E-state index contributed by atoms with van der Waals surface area (Å²) in [5.74, 6) is -3.04. The second-order valence-electron chi connectivity index (χ2n) is 5.59. The number of aliphatic hydroxyl groups excluding tert-OH is 1. The number of hydrogen-bond acceptors (Lipinski definition) is 9. The highest BCUT2D eigenvalue weighted by molar-refractivity contribution is 5.69. The Balaban J connectivity index is 4.38. The molecule has 0 rings (SSSR count). The number of carboxylic acids is 3. The lowest BCUT2D eigenvalue weighted by atomic mass is 10.3. The number of carbonyl (C=O) groups is 3. The normalized spacial score (nSPS) is 11.4. The van der Waals surface area contributed by atoms with Gasteiger partial charge in [0.15, 0.2) is 6.29 Å². The van der Waals surface area contributed by atoms with Crippen LogP contribution in [0.5, 0.6) is 0 Å². The summed E-state index contributed by atoms with van der Waals surface area (Å²) in [6, 6.07) is 0. The average molecular weight is 380 g/mol. The molecule has 0 heterocycles. The van der Waals surface area contributed by atoms with Gasteiger partial charge in [-0.15, -0.1) is 0 Å². The molecule has 0 aromatic carbocycles. The van der Waals surface area contributed by atoms with E-state index in [9.17, 15) is 14.4 Å². The Bertz CT molecular complexity index is 435. The molecular weight excluding hydrogens is 352 g/mol. The zero-order chi connectivity index (χ0) is 19.9. The van der Waals surface area contributed by atoms with Gasteiger partial charge >= 0.3 is 17.9 Å². The lowest BCUT2D eigenvalue weighted by molar-refractivity contribution is -0.139. The number of nitrogens with zero attached hydrogens (tertiary/aromatic N) is 2. The van der Waals surface area contributed by atoms with Crippen LogP contribution >= 0.6 is 0 Å². The van der Waals surface area contributed by atoms with Crippen molar-refractivity contribution in [2.45, 2.75) is 6.29 Å². The van der Waals surface area contributed by atoms with E-state index in [0.29, 0.717) is 39.3 Å². The molecule has 0 aromatic rings. The van der Waals surface area contributed by atoms with Gasteiger partial charge in [-0.1, -0.05) is 0 Å². The van der Waals surface area contributed by atoms with E-state index in [2.05, 4.69) is 10.6 Å². The second kappa shape index (κ2) is 14.4. The molecule has 0 aliphatic heterocycles. The Morgan fingerprint density at radius 2 is 1.19 bits per heavy atom. The number of aliphatic carboxylic acids is 3. The maximum absolute atomic E-state index is 10.9. The van der Waals surface area contributed by atoms with Crippen LogP contribution in [0.4, 0.5) is 0 Å². The molecule has 0 saturated heterocycles. The van der Waals surface area contributed by atoms with Crippen LogP contribution in [0.15, 0.2) is 0 Å². The molecule has 0 aromatic heterocycles. The van der Waals surface area contributed by atoms with Crippen LogP contribution in [-0.2, 0) is 14.4 Å². The Morgan fingerprint density at radius 3 is 1.62 bits per heavy atom. The average Bonchev–Trinajstić information content (AvgIpc) is 2.51. The fourth-order valence-corrected chi connectivity index (χ4v) is 2.13. The summed E-state index contributed by atoms with van der Waals surface area (Å²) in [4.78, 5) is 35.1. The second-order valence-corrected chi connectivity index (χ2v) is 5.59. The maximum atomic E-state index is 10.9. The molecule has 152 valence electrons.